The van der Waals surface area contributed by atoms with Crippen molar-refractivity contribution in [3.05, 3.63) is 83.8 Å². The molecule has 30 heavy (non-hydrogen) atoms. The number of ether oxygens (including phenoxy) is 1. The molecule has 1 atom stereocenters. The first-order chi connectivity index (χ1) is 14.5. The summed E-state index contributed by atoms with van der Waals surface area (Å²) in [5.41, 5.74) is 1.30. The van der Waals surface area contributed by atoms with Crippen molar-refractivity contribution in [1.82, 2.24) is 15.1 Å². The van der Waals surface area contributed by atoms with Crippen LogP contribution < -0.4 is 0 Å². The summed E-state index contributed by atoms with van der Waals surface area (Å²) >= 11 is 0. The van der Waals surface area contributed by atoms with Gasteiger partial charge in [-0.05, 0) is 37.3 Å². The van der Waals surface area contributed by atoms with E-state index in [0.717, 1.165) is 10.5 Å². The van der Waals surface area contributed by atoms with E-state index < -0.39 is 23.9 Å². The zero-order chi connectivity index (χ0) is 21.3. The number of esters is 1. The maximum absolute atomic E-state index is 12.6. The van der Waals surface area contributed by atoms with Crippen molar-refractivity contribution < 1.29 is 23.5 Å². The topological polar surface area (TPSA) is 103 Å². The number of carbonyl (C=O) groups is 3. The molecule has 8 heteroatoms. The summed E-state index contributed by atoms with van der Waals surface area (Å²) < 4.78 is 11.0. The fourth-order valence-electron chi connectivity index (χ4n) is 3.09. The van der Waals surface area contributed by atoms with Crippen molar-refractivity contribution in [3.63, 3.8) is 0 Å². The summed E-state index contributed by atoms with van der Waals surface area (Å²) in [5, 5.41) is 7.92. The molecule has 0 aliphatic carbocycles. The zero-order valence-corrected chi connectivity index (χ0v) is 16.1. The van der Waals surface area contributed by atoms with Gasteiger partial charge in [0.15, 0.2) is 6.10 Å². The molecule has 150 valence electrons. The summed E-state index contributed by atoms with van der Waals surface area (Å²) in [7, 11) is 0. The molecule has 1 aliphatic heterocycles. The molecule has 3 aromatic rings. The van der Waals surface area contributed by atoms with Gasteiger partial charge < -0.3 is 9.15 Å². The van der Waals surface area contributed by atoms with Gasteiger partial charge in [-0.25, -0.2) is 4.79 Å². The quantitative estimate of drug-likeness (QED) is 0.353. The van der Waals surface area contributed by atoms with Crippen LogP contribution in [0.1, 0.15) is 50.0 Å². The largest absolute Gasteiger partial charge is 0.449 e. The Labute approximate surface area is 171 Å². The minimum absolute atomic E-state index is 0.101. The third kappa shape index (κ3) is 3.39. The van der Waals surface area contributed by atoms with E-state index in [4.69, 9.17) is 9.15 Å². The predicted octanol–water partition coefficient (Wildman–Crippen LogP) is 3.44. The molecule has 2 heterocycles. The average molecular weight is 403 g/mol. The molecule has 0 unspecified atom stereocenters. The predicted molar refractivity (Wildman–Crippen MR) is 106 cm³/mol. The van der Waals surface area contributed by atoms with Gasteiger partial charge in [-0.15, -0.1) is 16.8 Å². The lowest BCUT2D eigenvalue weighted by atomic mass is 10.1. The molecular weight excluding hydrogens is 386 g/mol. The second-order valence-corrected chi connectivity index (χ2v) is 6.63. The van der Waals surface area contributed by atoms with E-state index in [1.165, 1.54) is 24.3 Å². The number of imide groups is 1. The average Bonchev–Trinajstić information content (AvgIpc) is 3.35. The first kappa shape index (κ1) is 19.3. The standard InChI is InChI=1S/C22H17N3O5/c1-3-11-25-20(26)16-10-9-15(12-17(16)21(25)27)22(28)29-13(2)18-23-24-19(30-18)14-7-5-4-6-8-14/h3-10,12-13H,1,11H2,2H3/t13-/m1/s1. The number of hydrogen-bond acceptors (Lipinski definition) is 7. The first-order valence-electron chi connectivity index (χ1n) is 9.20. The lowest BCUT2D eigenvalue weighted by Gasteiger charge is -2.10. The highest BCUT2D eigenvalue weighted by Gasteiger charge is 2.35. The van der Waals surface area contributed by atoms with Gasteiger partial charge in [0, 0.05) is 12.1 Å². The van der Waals surface area contributed by atoms with Crippen molar-refractivity contribution in [2.75, 3.05) is 6.54 Å². The van der Waals surface area contributed by atoms with Crippen LogP contribution >= 0.6 is 0 Å². The van der Waals surface area contributed by atoms with E-state index in [2.05, 4.69) is 16.8 Å². The molecule has 0 saturated carbocycles. The summed E-state index contributed by atoms with van der Waals surface area (Å²) in [6, 6.07) is 13.5. The third-order valence-electron chi connectivity index (χ3n) is 4.61. The second kappa shape index (κ2) is 7.75. The van der Waals surface area contributed by atoms with Gasteiger partial charge in [0.1, 0.15) is 0 Å². The number of carbonyl (C=O) groups excluding carboxylic acids is 3. The minimum atomic E-state index is -0.801. The first-order valence-corrected chi connectivity index (χ1v) is 9.20. The van der Waals surface area contributed by atoms with Crippen LogP contribution in [0.4, 0.5) is 0 Å². The molecule has 0 fully saturated rings. The van der Waals surface area contributed by atoms with Gasteiger partial charge in [0.05, 0.1) is 16.7 Å². The number of fused-ring (bicyclic) bond motifs is 1. The van der Waals surface area contributed by atoms with Gasteiger partial charge in [-0.3, -0.25) is 14.5 Å². The van der Waals surface area contributed by atoms with Crippen LogP contribution in [-0.2, 0) is 4.74 Å². The fourth-order valence-corrected chi connectivity index (χ4v) is 3.09. The van der Waals surface area contributed by atoms with Gasteiger partial charge in [0.2, 0.25) is 5.89 Å². The van der Waals surface area contributed by atoms with E-state index in [9.17, 15) is 14.4 Å². The van der Waals surface area contributed by atoms with Crippen molar-refractivity contribution in [3.8, 4) is 11.5 Å². The smallest absolute Gasteiger partial charge is 0.338 e. The molecule has 0 radical (unpaired) electrons. The van der Waals surface area contributed by atoms with Crippen molar-refractivity contribution in [1.29, 1.82) is 0 Å². The number of hydrogen-bond donors (Lipinski definition) is 0. The second-order valence-electron chi connectivity index (χ2n) is 6.63. The Bertz CT molecular complexity index is 1150. The number of benzene rings is 2. The molecule has 1 aliphatic rings. The summed E-state index contributed by atoms with van der Waals surface area (Å²) in [6.07, 6.45) is 0.664. The van der Waals surface area contributed by atoms with Crippen LogP contribution in [-0.4, -0.2) is 39.4 Å². The van der Waals surface area contributed by atoms with Gasteiger partial charge >= 0.3 is 5.97 Å². The Hall–Kier alpha value is -4.07. The number of aromatic nitrogens is 2. The van der Waals surface area contributed by atoms with Crippen LogP contribution in [0.3, 0.4) is 0 Å². The molecule has 0 N–H and O–H groups in total. The highest BCUT2D eigenvalue weighted by atomic mass is 16.6. The number of nitrogens with zero attached hydrogens (tertiary/aromatic N) is 3. The maximum atomic E-state index is 12.6. The van der Waals surface area contributed by atoms with Crippen LogP contribution in [0.25, 0.3) is 11.5 Å². The molecule has 4 rings (SSSR count). The molecule has 2 aromatic carbocycles. The van der Waals surface area contributed by atoms with E-state index in [1.54, 1.807) is 6.92 Å². The highest BCUT2D eigenvalue weighted by molar-refractivity contribution is 6.22. The Morgan fingerprint density at radius 2 is 1.87 bits per heavy atom. The van der Waals surface area contributed by atoms with Crippen molar-refractivity contribution in [2.24, 2.45) is 0 Å². The number of rotatable bonds is 6. The molecule has 8 nitrogen and oxygen atoms in total. The highest BCUT2D eigenvalue weighted by Crippen LogP contribution is 2.26. The van der Waals surface area contributed by atoms with Gasteiger partial charge in [0.25, 0.3) is 17.7 Å². The summed E-state index contributed by atoms with van der Waals surface area (Å²) in [6.45, 7) is 5.25. The third-order valence-corrected chi connectivity index (χ3v) is 4.61. The van der Waals surface area contributed by atoms with Crippen LogP contribution in [0.5, 0.6) is 0 Å². The lowest BCUT2D eigenvalue weighted by Crippen LogP contribution is -2.29. The fraction of sp³-hybridized carbons (Fsp3) is 0.136. The monoisotopic (exact) mass is 403 g/mol. The van der Waals surface area contributed by atoms with E-state index in [-0.39, 0.29) is 29.1 Å². The van der Waals surface area contributed by atoms with Gasteiger partial charge in [-0.1, -0.05) is 24.3 Å². The van der Waals surface area contributed by atoms with E-state index >= 15 is 0 Å². The molecule has 1 aromatic heterocycles. The van der Waals surface area contributed by atoms with Crippen molar-refractivity contribution >= 4 is 17.8 Å². The Morgan fingerprint density at radius 3 is 2.60 bits per heavy atom. The SMILES string of the molecule is C=CCN1C(=O)c2ccc(C(=O)O[C@H](C)c3nnc(-c4ccccc4)o3)cc2C1=O. The van der Waals surface area contributed by atoms with Gasteiger partial charge in [-0.2, -0.15) is 0 Å². The van der Waals surface area contributed by atoms with Crippen LogP contribution in [0.15, 0.2) is 65.6 Å². The molecule has 0 saturated heterocycles. The molecule has 2 amide bonds. The number of amides is 2. The Morgan fingerprint density at radius 1 is 1.13 bits per heavy atom. The van der Waals surface area contributed by atoms with E-state index in [1.807, 2.05) is 30.3 Å². The lowest BCUT2D eigenvalue weighted by molar-refractivity contribution is 0.0279. The minimum Gasteiger partial charge on any atom is -0.449 e. The Kier molecular flexibility index (Phi) is 4.97. The molecule has 0 bridgehead atoms. The molecule has 0 spiro atoms. The van der Waals surface area contributed by atoms with Crippen LogP contribution in [0.2, 0.25) is 0 Å². The summed E-state index contributed by atoms with van der Waals surface area (Å²) in [4.78, 5) is 38.3. The molecular formula is C22H17N3O5. The zero-order valence-electron chi connectivity index (χ0n) is 16.1. The Balaban J connectivity index is 1.50. The van der Waals surface area contributed by atoms with E-state index in [0.29, 0.717) is 5.89 Å². The summed E-state index contributed by atoms with van der Waals surface area (Å²) in [5.74, 6) is -1.10. The maximum Gasteiger partial charge on any atom is 0.338 e. The van der Waals surface area contributed by atoms with Crippen molar-refractivity contribution in [2.45, 2.75) is 13.0 Å². The van der Waals surface area contributed by atoms with Crippen LogP contribution in [0, 0.1) is 0 Å². The normalized spacial score (nSPS) is 13.8.